The van der Waals surface area contributed by atoms with Gasteiger partial charge in [0.2, 0.25) is 0 Å². The third kappa shape index (κ3) is 5.31. The van der Waals surface area contributed by atoms with Crippen molar-refractivity contribution in [3.05, 3.63) is 84.7 Å². The van der Waals surface area contributed by atoms with Crippen molar-refractivity contribution < 1.29 is 18.7 Å². The van der Waals surface area contributed by atoms with E-state index in [9.17, 15) is 9.18 Å². The van der Waals surface area contributed by atoms with Crippen LogP contribution in [-0.4, -0.2) is 25.7 Å². The molecule has 0 saturated carbocycles. The lowest BCUT2D eigenvalue weighted by molar-refractivity contribution is -0.123. The van der Waals surface area contributed by atoms with Crippen molar-refractivity contribution in [2.45, 2.75) is 0 Å². The number of rotatable bonds is 8. The molecule has 3 aromatic rings. The molecule has 0 saturated heterocycles. The number of halogens is 1. The SMILES string of the molecule is O=C(COc1ccccc1F)NCCOc1ccccc1-c1ccccc1. The first-order valence-corrected chi connectivity index (χ1v) is 8.65. The van der Waals surface area contributed by atoms with Crippen LogP contribution in [0.1, 0.15) is 0 Å². The Morgan fingerprint density at radius 2 is 1.48 bits per heavy atom. The molecule has 138 valence electrons. The molecule has 0 spiro atoms. The summed E-state index contributed by atoms with van der Waals surface area (Å²) in [6.07, 6.45) is 0. The van der Waals surface area contributed by atoms with Crippen molar-refractivity contribution in [2.24, 2.45) is 0 Å². The van der Waals surface area contributed by atoms with E-state index in [4.69, 9.17) is 9.47 Å². The van der Waals surface area contributed by atoms with Crippen LogP contribution in [-0.2, 0) is 4.79 Å². The van der Waals surface area contributed by atoms with Crippen LogP contribution in [0.3, 0.4) is 0 Å². The molecule has 0 aliphatic rings. The highest BCUT2D eigenvalue weighted by molar-refractivity contribution is 5.77. The Morgan fingerprint density at radius 3 is 2.26 bits per heavy atom. The molecule has 1 N–H and O–H groups in total. The van der Waals surface area contributed by atoms with Gasteiger partial charge in [0.1, 0.15) is 12.4 Å². The van der Waals surface area contributed by atoms with E-state index in [0.717, 1.165) is 16.9 Å². The maximum Gasteiger partial charge on any atom is 0.258 e. The van der Waals surface area contributed by atoms with Crippen LogP contribution < -0.4 is 14.8 Å². The number of nitrogens with one attached hydrogen (secondary N) is 1. The van der Waals surface area contributed by atoms with Crippen LogP contribution in [0.5, 0.6) is 11.5 Å². The zero-order chi connectivity index (χ0) is 18.9. The number of benzene rings is 3. The highest BCUT2D eigenvalue weighted by Crippen LogP contribution is 2.29. The van der Waals surface area contributed by atoms with Crippen LogP contribution >= 0.6 is 0 Å². The molecule has 0 unspecified atom stereocenters. The van der Waals surface area contributed by atoms with Crippen LogP contribution in [0.2, 0.25) is 0 Å². The summed E-state index contributed by atoms with van der Waals surface area (Å²) in [5.74, 6) is -0.0226. The smallest absolute Gasteiger partial charge is 0.258 e. The summed E-state index contributed by atoms with van der Waals surface area (Å²) < 4.78 is 24.4. The van der Waals surface area contributed by atoms with Crippen molar-refractivity contribution in [1.29, 1.82) is 0 Å². The number of carbonyl (C=O) groups is 1. The van der Waals surface area contributed by atoms with E-state index < -0.39 is 5.82 Å². The van der Waals surface area contributed by atoms with Gasteiger partial charge < -0.3 is 14.8 Å². The van der Waals surface area contributed by atoms with E-state index >= 15 is 0 Å². The summed E-state index contributed by atoms with van der Waals surface area (Å²) >= 11 is 0. The van der Waals surface area contributed by atoms with Gasteiger partial charge in [0.15, 0.2) is 18.2 Å². The number of ether oxygens (including phenoxy) is 2. The Balaban J connectivity index is 1.45. The Labute approximate surface area is 157 Å². The zero-order valence-electron chi connectivity index (χ0n) is 14.7. The highest BCUT2D eigenvalue weighted by Gasteiger charge is 2.07. The highest BCUT2D eigenvalue weighted by atomic mass is 19.1. The third-order valence-electron chi connectivity index (χ3n) is 3.85. The van der Waals surface area contributed by atoms with Crippen molar-refractivity contribution in [3.63, 3.8) is 0 Å². The standard InChI is InChI=1S/C22H20FNO3/c23-19-11-5-7-13-21(19)27-16-22(25)24-14-15-26-20-12-6-4-10-18(20)17-8-2-1-3-9-17/h1-13H,14-16H2,(H,24,25). The molecule has 0 aliphatic heterocycles. The summed E-state index contributed by atoms with van der Waals surface area (Å²) in [6, 6.07) is 23.7. The molecule has 0 bridgehead atoms. The van der Waals surface area contributed by atoms with Gasteiger partial charge in [-0.25, -0.2) is 4.39 Å². The summed E-state index contributed by atoms with van der Waals surface area (Å²) in [4.78, 5) is 11.8. The molecule has 0 radical (unpaired) electrons. The van der Waals surface area contributed by atoms with Crippen LogP contribution in [0.4, 0.5) is 4.39 Å². The second-order valence-electron chi connectivity index (χ2n) is 5.78. The van der Waals surface area contributed by atoms with Crippen LogP contribution in [0.25, 0.3) is 11.1 Å². The Kier molecular flexibility index (Phi) is 6.41. The topological polar surface area (TPSA) is 47.6 Å². The molecule has 0 atom stereocenters. The van der Waals surface area contributed by atoms with Crippen molar-refractivity contribution >= 4 is 5.91 Å². The van der Waals surface area contributed by atoms with Gasteiger partial charge in [-0.05, 0) is 23.8 Å². The van der Waals surface area contributed by atoms with Crippen LogP contribution in [0.15, 0.2) is 78.9 Å². The van der Waals surface area contributed by atoms with Gasteiger partial charge >= 0.3 is 0 Å². The summed E-state index contributed by atoms with van der Waals surface area (Å²) in [5.41, 5.74) is 2.06. The molecular formula is C22H20FNO3. The second-order valence-corrected chi connectivity index (χ2v) is 5.78. The molecule has 0 heterocycles. The lowest BCUT2D eigenvalue weighted by atomic mass is 10.1. The number of amides is 1. The molecule has 3 aromatic carbocycles. The van der Waals surface area contributed by atoms with E-state index in [1.807, 2.05) is 54.6 Å². The van der Waals surface area contributed by atoms with Gasteiger partial charge in [0, 0.05) is 5.56 Å². The quantitative estimate of drug-likeness (QED) is 0.612. The minimum atomic E-state index is -0.494. The molecule has 27 heavy (non-hydrogen) atoms. The summed E-state index contributed by atoms with van der Waals surface area (Å²) in [7, 11) is 0. The molecule has 3 rings (SSSR count). The first-order chi connectivity index (χ1) is 13.2. The van der Waals surface area contributed by atoms with E-state index in [-0.39, 0.29) is 18.3 Å². The lowest BCUT2D eigenvalue weighted by Gasteiger charge is -2.12. The van der Waals surface area contributed by atoms with E-state index in [1.165, 1.54) is 12.1 Å². The fraction of sp³-hybridized carbons (Fsp3) is 0.136. The number of hydrogen-bond acceptors (Lipinski definition) is 3. The van der Waals surface area contributed by atoms with E-state index in [1.54, 1.807) is 12.1 Å². The minimum Gasteiger partial charge on any atom is -0.491 e. The first kappa shape index (κ1) is 18.5. The Morgan fingerprint density at radius 1 is 0.815 bits per heavy atom. The minimum absolute atomic E-state index is 0.0562. The Hall–Kier alpha value is -3.34. The fourth-order valence-corrected chi connectivity index (χ4v) is 2.56. The van der Waals surface area contributed by atoms with Crippen molar-refractivity contribution in [1.82, 2.24) is 5.32 Å². The normalized spacial score (nSPS) is 10.3. The number of para-hydroxylation sites is 2. The molecule has 0 aromatic heterocycles. The van der Waals surface area contributed by atoms with Crippen molar-refractivity contribution in [2.75, 3.05) is 19.8 Å². The van der Waals surface area contributed by atoms with Gasteiger partial charge in [-0.2, -0.15) is 0 Å². The maximum absolute atomic E-state index is 13.4. The lowest BCUT2D eigenvalue weighted by Crippen LogP contribution is -2.32. The monoisotopic (exact) mass is 365 g/mol. The predicted molar refractivity (Wildman–Crippen MR) is 102 cm³/mol. The molecule has 0 fully saturated rings. The van der Waals surface area contributed by atoms with Gasteiger partial charge in [-0.3, -0.25) is 4.79 Å². The molecule has 4 nitrogen and oxygen atoms in total. The first-order valence-electron chi connectivity index (χ1n) is 8.65. The van der Waals surface area contributed by atoms with Gasteiger partial charge in [-0.15, -0.1) is 0 Å². The molecule has 5 heteroatoms. The third-order valence-corrected chi connectivity index (χ3v) is 3.85. The maximum atomic E-state index is 13.4. The fourth-order valence-electron chi connectivity index (χ4n) is 2.56. The van der Waals surface area contributed by atoms with E-state index in [0.29, 0.717) is 13.2 Å². The predicted octanol–water partition coefficient (Wildman–Crippen LogP) is 4.07. The number of hydrogen-bond donors (Lipinski definition) is 1. The van der Waals surface area contributed by atoms with Crippen LogP contribution in [0, 0.1) is 5.82 Å². The van der Waals surface area contributed by atoms with E-state index in [2.05, 4.69) is 5.32 Å². The number of carbonyl (C=O) groups excluding carboxylic acids is 1. The Bertz CT molecular complexity index is 883. The molecule has 0 aliphatic carbocycles. The average Bonchev–Trinajstić information content (AvgIpc) is 2.71. The second kappa shape index (κ2) is 9.38. The summed E-state index contributed by atoms with van der Waals surface area (Å²) in [5, 5.41) is 2.69. The van der Waals surface area contributed by atoms with Crippen molar-refractivity contribution in [3.8, 4) is 22.6 Å². The molecule has 1 amide bonds. The van der Waals surface area contributed by atoms with Gasteiger partial charge in [0.25, 0.3) is 5.91 Å². The summed E-state index contributed by atoms with van der Waals surface area (Å²) in [6.45, 7) is 0.388. The average molecular weight is 365 g/mol. The molecular weight excluding hydrogens is 345 g/mol. The largest absolute Gasteiger partial charge is 0.491 e. The van der Waals surface area contributed by atoms with Gasteiger partial charge in [-0.1, -0.05) is 60.7 Å². The van der Waals surface area contributed by atoms with Gasteiger partial charge in [0.05, 0.1) is 6.54 Å². The zero-order valence-corrected chi connectivity index (χ0v) is 14.7.